The third-order valence-electron chi connectivity index (χ3n) is 4.25. The Hall–Kier alpha value is -4.27. The second-order valence-electron chi connectivity index (χ2n) is 6.45. The Labute approximate surface area is 171 Å². The molecule has 0 spiro atoms. The van der Waals surface area contributed by atoms with E-state index in [0.717, 1.165) is 5.69 Å². The number of rotatable bonds is 6. The molecule has 9 nitrogen and oxygen atoms in total. The standard InChI is InChI=1S/C21H18N6O3/c1-14-24-21(30-26-14)16-5-3-15(4-6-16)20(29)22-13-19(28)25-17-7-9-18(10-8-17)27-12-2-11-23-27/h2-12H,13H2,1H3,(H,22,29)(H,25,28). The van der Waals surface area contributed by atoms with Gasteiger partial charge >= 0.3 is 0 Å². The molecule has 0 aliphatic carbocycles. The minimum Gasteiger partial charge on any atom is -0.343 e. The number of anilines is 1. The maximum atomic E-state index is 12.3. The number of hydrogen-bond acceptors (Lipinski definition) is 6. The fourth-order valence-electron chi connectivity index (χ4n) is 2.77. The number of nitrogens with zero attached hydrogens (tertiary/aromatic N) is 4. The zero-order valence-corrected chi connectivity index (χ0v) is 16.1. The van der Waals surface area contributed by atoms with Gasteiger partial charge in [0.05, 0.1) is 12.2 Å². The van der Waals surface area contributed by atoms with Gasteiger partial charge in [0.1, 0.15) is 0 Å². The molecule has 150 valence electrons. The van der Waals surface area contributed by atoms with Gasteiger partial charge in [-0.3, -0.25) is 9.59 Å². The van der Waals surface area contributed by atoms with Gasteiger partial charge in [0.15, 0.2) is 5.82 Å². The number of nitrogens with one attached hydrogen (secondary N) is 2. The van der Waals surface area contributed by atoms with Crippen molar-refractivity contribution in [3.63, 3.8) is 0 Å². The third-order valence-corrected chi connectivity index (χ3v) is 4.25. The van der Waals surface area contributed by atoms with Gasteiger partial charge in [-0.05, 0) is 61.5 Å². The molecule has 9 heteroatoms. The minimum absolute atomic E-state index is 0.148. The number of amides is 2. The van der Waals surface area contributed by atoms with Crippen LogP contribution in [-0.4, -0.2) is 38.3 Å². The molecule has 2 N–H and O–H groups in total. The van der Waals surface area contributed by atoms with Gasteiger partial charge in [0, 0.05) is 29.2 Å². The number of carbonyl (C=O) groups excluding carboxylic acids is 2. The van der Waals surface area contributed by atoms with Crippen LogP contribution in [0, 0.1) is 6.92 Å². The van der Waals surface area contributed by atoms with Crippen LogP contribution in [0.1, 0.15) is 16.2 Å². The molecule has 0 fully saturated rings. The Balaban J connectivity index is 1.29. The summed E-state index contributed by atoms with van der Waals surface area (Å²) in [5.41, 5.74) is 2.64. The van der Waals surface area contributed by atoms with Crippen molar-refractivity contribution in [3.05, 3.63) is 78.4 Å². The van der Waals surface area contributed by atoms with E-state index in [1.165, 1.54) is 0 Å². The molecule has 4 aromatic rings. The van der Waals surface area contributed by atoms with Crippen LogP contribution in [0.25, 0.3) is 17.1 Å². The first-order valence-corrected chi connectivity index (χ1v) is 9.17. The third kappa shape index (κ3) is 4.41. The molecule has 0 aliphatic heterocycles. The highest BCUT2D eigenvalue weighted by Crippen LogP contribution is 2.17. The first kappa shape index (κ1) is 19.1. The van der Waals surface area contributed by atoms with E-state index in [-0.39, 0.29) is 18.4 Å². The molecule has 4 rings (SSSR count). The van der Waals surface area contributed by atoms with E-state index in [1.807, 2.05) is 24.4 Å². The average Bonchev–Trinajstić information content (AvgIpc) is 3.45. The topological polar surface area (TPSA) is 115 Å². The number of carbonyl (C=O) groups is 2. The maximum Gasteiger partial charge on any atom is 0.257 e. The van der Waals surface area contributed by atoms with Crippen LogP contribution in [0.5, 0.6) is 0 Å². The van der Waals surface area contributed by atoms with Crippen molar-refractivity contribution in [1.29, 1.82) is 0 Å². The van der Waals surface area contributed by atoms with Gasteiger partial charge in [-0.1, -0.05) is 5.16 Å². The zero-order chi connectivity index (χ0) is 20.9. The average molecular weight is 402 g/mol. The summed E-state index contributed by atoms with van der Waals surface area (Å²) < 4.78 is 6.81. The van der Waals surface area contributed by atoms with E-state index in [4.69, 9.17) is 4.52 Å². The smallest absolute Gasteiger partial charge is 0.257 e. The van der Waals surface area contributed by atoms with Crippen LogP contribution in [-0.2, 0) is 4.79 Å². The molecule has 2 aromatic carbocycles. The lowest BCUT2D eigenvalue weighted by atomic mass is 10.1. The van der Waals surface area contributed by atoms with Crippen molar-refractivity contribution in [1.82, 2.24) is 25.2 Å². The predicted molar refractivity (Wildman–Crippen MR) is 109 cm³/mol. The molecule has 0 radical (unpaired) electrons. The van der Waals surface area contributed by atoms with Crippen LogP contribution in [0.4, 0.5) is 5.69 Å². The van der Waals surface area contributed by atoms with Gasteiger partial charge in [-0.2, -0.15) is 10.1 Å². The molecule has 0 aliphatic rings. The predicted octanol–water partition coefficient (Wildman–Crippen LogP) is 2.60. The van der Waals surface area contributed by atoms with Gasteiger partial charge in [0.2, 0.25) is 5.91 Å². The normalized spacial score (nSPS) is 10.6. The summed E-state index contributed by atoms with van der Waals surface area (Å²) in [6, 6.07) is 15.8. The van der Waals surface area contributed by atoms with Crippen LogP contribution in [0.3, 0.4) is 0 Å². The second-order valence-corrected chi connectivity index (χ2v) is 6.45. The van der Waals surface area contributed by atoms with Crippen molar-refractivity contribution in [2.24, 2.45) is 0 Å². The van der Waals surface area contributed by atoms with Crippen LogP contribution >= 0.6 is 0 Å². The lowest BCUT2D eigenvalue weighted by molar-refractivity contribution is -0.115. The molecule has 0 saturated carbocycles. The maximum absolute atomic E-state index is 12.3. The fraction of sp³-hybridized carbons (Fsp3) is 0.0952. The summed E-state index contributed by atoms with van der Waals surface area (Å²) in [6.07, 6.45) is 3.52. The summed E-state index contributed by atoms with van der Waals surface area (Å²) in [6.45, 7) is 1.58. The van der Waals surface area contributed by atoms with E-state index in [2.05, 4.69) is 25.9 Å². The zero-order valence-electron chi connectivity index (χ0n) is 16.1. The molecule has 0 unspecified atom stereocenters. The van der Waals surface area contributed by atoms with Crippen molar-refractivity contribution in [2.45, 2.75) is 6.92 Å². The van der Waals surface area contributed by atoms with Gasteiger partial charge in [-0.15, -0.1) is 0 Å². The van der Waals surface area contributed by atoms with Crippen LogP contribution in [0.2, 0.25) is 0 Å². The molecule has 0 bridgehead atoms. The molecule has 2 amide bonds. The highest BCUT2D eigenvalue weighted by atomic mass is 16.5. The van der Waals surface area contributed by atoms with Crippen molar-refractivity contribution in [3.8, 4) is 17.1 Å². The summed E-state index contributed by atoms with van der Waals surface area (Å²) in [4.78, 5) is 28.5. The molecular weight excluding hydrogens is 384 g/mol. The summed E-state index contributed by atoms with van der Waals surface area (Å²) in [5, 5.41) is 13.2. The SMILES string of the molecule is Cc1noc(-c2ccc(C(=O)NCC(=O)Nc3ccc(-n4cccn4)cc3)cc2)n1. The Kier molecular flexibility index (Phi) is 5.33. The Morgan fingerprint density at radius 1 is 1.07 bits per heavy atom. The second kappa shape index (κ2) is 8.39. The van der Waals surface area contributed by atoms with E-state index in [9.17, 15) is 9.59 Å². The quantitative estimate of drug-likeness (QED) is 0.512. The van der Waals surface area contributed by atoms with Crippen molar-refractivity contribution >= 4 is 17.5 Å². The Bertz CT molecular complexity index is 1150. The molecule has 30 heavy (non-hydrogen) atoms. The molecule has 0 atom stereocenters. The first-order chi connectivity index (χ1) is 14.6. The van der Waals surface area contributed by atoms with E-state index in [1.54, 1.807) is 54.2 Å². The van der Waals surface area contributed by atoms with Crippen LogP contribution in [0.15, 0.2) is 71.5 Å². The number of hydrogen-bond donors (Lipinski definition) is 2. The lowest BCUT2D eigenvalue weighted by Gasteiger charge is -2.08. The number of benzene rings is 2. The minimum atomic E-state index is -0.354. The highest BCUT2D eigenvalue weighted by Gasteiger charge is 2.11. The van der Waals surface area contributed by atoms with Gasteiger partial charge in [-0.25, -0.2) is 4.68 Å². The molecular formula is C21H18N6O3. The highest BCUT2D eigenvalue weighted by molar-refractivity contribution is 5.99. The molecule has 2 heterocycles. The monoisotopic (exact) mass is 402 g/mol. The van der Waals surface area contributed by atoms with Gasteiger partial charge < -0.3 is 15.2 Å². The van der Waals surface area contributed by atoms with Crippen molar-refractivity contribution in [2.75, 3.05) is 11.9 Å². The summed E-state index contributed by atoms with van der Waals surface area (Å²) in [5.74, 6) is 0.242. The largest absolute Gasteiger partial charge is 0.343 e. The van der Waals surface area contributed by atoms with E-state index >= 15 is 0 Å². The van der Waals surface area contributed by atoms with Crippen molar-refractivity contribution < 1.29 is 14.1 Å². The molecule has 2 aromatic heterocycles. The Morgan fingerprint density at radius 2 is 1.83 bits per heavy atom. The number of aryl methyl sites for hydroxylation is 1. The lowest BCUT2D eigenvalue weighted by Crippen LogP contribution is -2.32. The number of aromatic nitrogens is 4. The van der Waals surface area contributed by atoms with Crippen LogP contribution < -0.4 is 10.6 Å². The molecule has 0 saturated heterocycles. The van der Waals surface area contributed by atoms with E-state index in [0.29, 0.717) is 28.5 Å². The fourth-order valence-corrected chi connectivity index (χ4v) is 2.77. The van der Waals surface area contributed by atoms with E-state index < -0.39 is 0 Å². The first-order valence-electron chi connectivity index (χ1n) is 9.17. The Morgan fingerprint density at radius 3 is 2.47 bits per heavy atom. The summed E-state index contributed by atoms with van der Waals surface area (Å²) in [7, 11) is 0. The van der Waals surface area contributed by atoms with Gasteiger partial charge in [0.25, 0.3) is 11.8 Å². The summed E-state index contributed by atoms with van der Waals surface area (Å²) >= 11 is 0.